The lowest BCUT2D eigenvalue weighted by Gasteiger charge is -2.27. The molecule has 0 unspecified atom stereocenters. The highest BCUT2D eigenvalue weighted by atomic mass is 32.2. The number of rotatable bonds is 9. The molecule has 3 aromatic rings. The van der Waals surface area contributed by atoms with Crippen LogP contribution in [0.2, 0.25) is 0 Å². The van der Waals surface area contributed by atoms with Gasteiger partial charge in [0.05, 0.1) is 35.6 Å². The Balaban J connectivity index is 1.74. The summed E-state index contributed by atoms with van der Waals surface area (Å²) in [5.41, 5.74) is 2.96. The van der Waals surface area contributed by atoms with E-state index in [2.05, 4.69) is 20.2 Å². The van der Waals surface area contributed by atoms with E-state index in [4.69, 9.17) is 9.47 Å². The standard InChI is InChI=1S/C24H31N5O4S/c1-15-8-6-11-20(32-4)22(15)29-21(27-28-24(29)18-9-7-10-18)14-34(30,31)17(3)23(33-5)19-13-25-16(2)12-26-19/h6,8,11-13,17-18,23H,7,9-10,14H2,1-5H3/t17-,23-/m0/s1. The molecule has 2 heterocycles. The SMILES string of the molecule is COc1cccc(C)c1-n1c(CS(=O)(=O)[C@@H](C)[C@H](OC)c2cnc(C)cn2)nnc1C1CCC1. The fraction of sp³-hybridized carbons (Fsp3) is 0.500. The number of hydrogen-bond donors (Lipinski definition) is 0. The Morgan fingerprint density at radius 3 is 2.47 bits per heavy atom. The number of para-hydroxylation sites is 1. The molecule has 1 aliphatic rings. The zero-order chi connectivity index (χ0) is 24.5. The average molecular weight is 486 g/mol. The molecule has 0 amide bonds. The molecule has 34 heavy (non-hydrogen) atoms. The van der Waals surface area contributed by atoms with Gasteiger partial charge in [0.15, 0.2) is 15.7 Å². The summed E-state index contributed by atoms with van der Waals surface area (Å²) in [4.78, 5) is 8.57. The fourth-order valence-corrected chi connectivity index (χ4v) is 5.72. The number of benzene rings is 1. The number of sulfone groups is 1. The van der Waals surface area contributed by atoms with Gasteiger partial charge in [-0.05, 0) is 45.2 Å². The third-order valence-corrected chi connectivity index (χ3v) is 8.58. The molecule has 2 aromatic heterocycles. The predicted molar refractivity (Wildman–Crippen MR) is 128 cm³/mol. The van der Waals surface area contributed by atoms with Gasteiger partial charge in [0.2, 0.25) is 0 Å². The second-order valence-electron chi connectivity index (χ2n) is 8.81. The molecule has 4 rings (SSSR count). The van der Waals surface area contributed by atoms with Gasteiger partial charge in [-0.25, -0.2) is 8.42 Å². The third-order valence-electron chi connectivity index (χ3n) is 6.54. The van der Waals surface area contributed by atoms with E-state index in [1.54, 1.807) is 26.4 Å². The van der Waals surface area contributed by atoms with E-state index in [1.165, 1.54) is 7.11 Å². The highest BCUT2D eigenvalue weighted by Gasteiger charge is 2.35. The molecular weight excluding hydrogens is 454 g/mol. The van der Waals surface area contributed by atoms with Gasteiger partial charge in [0, 0.05) is 19.2 Å². The van der Waals surface area contributed by atoms with E-state index in [-0.39, 0.29) is 11.7 Å². The van der Waals surface area contributed by atoms with Crippen LogP contribution >= 0.6 is 0 Å². The van der Waals surface area contributed by atoms with E-state index in [0.29, 0.717) is 17.3 Å². The minimum atomic E-state index is -3.70. The second-order valence-corrected chi connectivity index (χ2v) is 11.2. The van der Waals surface area contributed by atoms with E-state index >= 15 is 0 Å². The van der Waals surface area contributed by atoms with Gasteiger partial charge in [-0.15, -0.1) is 10.2 Å². The molecule has 1 aromatic carbocycles. The van der Waals surface area contributed by atoms with Crippen LogP contribution in [0.1, 0.15) is 66.8 Å². The summed E-state index contributed by atoms with van der Waals surface area (Å²) in [6, 6.07) is 5.75. The van der Waals surface area contributed by atoms with Crippen molar-refractivity contribution in [3.63, 3.8) is 0 Å². The zero-order valence-electron chi connectivity index (χ0n) is 20.2. The van der Waals surface area contributed by atoms with Crippen molar-refractivity contribution >= 4 is 9.84 Å². The predicted octanol–water partition coefficient (Wildman–Crippen LogP) is 3.64. The number of nitrogens with zero attached hydrogens (tertiary/aromatic N) is 5. The Morgan fingerprint density at radius 2 is 1.88 bits per heavy atom. The van der Waals surface area contributed by atoms with Gasteiger partial charge in [-0.3, -0.25) is 14.5 Å². The molecule has 0 aliphatic heterocycles. The first-order chi connectivity index (χ1) is 16.3. The van der Waals surface area contributed by atoms with E-state index in [0.717, 1.165) is 42.0 Å². The molecule has 1 fully saturated rings. The van der Waals surface area contributed by atoms with Crippen molar-refractivity contribution in [1.82, 2.24) is 24.7 Å². The van der Waals surface area contributed by atoms with Crippen molar-refractivity contribution in [2.45, 2.75) is 63.1 Å². The van der Waals surface area contributed by atoms with Gasteiger partial charge in [0.25, 0.3) is 0 Å². The van der Waals surface area contributed by atoms with Gasteiger partial charge in [-0.2, -0.15) is 0 Å². The Morgan fingerprint density at radius 1 is 1.12 bits per heavy atom. The first-order valence-electron chi connectivity index (χ1n) is 11.4. The average Bonchev–Trinajstić information content (AvgIpc) is 3.15. The van der Waals surface area contributed by atoms with E-state index in [9.17, 15) is 8.42 Å². The lowest BCUT2D eigenvalue weighted by Crippen LogP contribution is -2.30. The van der Waals surface area contributed by atoms with Gasteiger partial charge >= 0.3 is 0 Å². The summed E-state index contributed by atoms with van der Waals surface area (Å²) in [6.45, 7) is 5.43. The summed E-state index contributed by atoms with van der Waals surface area (Å²) >= 11 is 0. The van der Waals surface area contributed by atoms with Crippen LogP contribution < -0.4 is 4.74 Å². The number of methoxy groups -OCH3 is 2. The minimum Gasteiger partial charge on any atom is -0.495 e. The lowest BCUT2D eigenvalue weighted by molar-refractivity contribution is 0.0983. The number of aryl methyl sites for hydroxylation is 2. The van der Waals surface area contributed by atoms with Crippen molar-refractivity contribution in [2.24, 2.45) is 0 Å². The smallest absolute Gasteiger partial charge is 0.163 e. The van der Waals surface area contributed by atoms with Crippen LogP contribution in [-0.4, -0.2) is 52.6 Å². The van der Waals surface area contributed by atoms with Crippen LogP contribution in [0, 0.1) is 13.8 Å². The van der Waals surface area contributed by atoms with Crippen LogP contribution in [0.4, 0.5) is 0 Å². The molecule has 9 nitrogen and oxygen atoms in total. The maximum Gasteiger partial charge on any atom is 0.163 e. The van der Waals surface area contributed by atoms with Crippen LogP contribution in [0.15, 0.2) is 30.6 Å². The maximum absolute atomic E-state index is 13.6. The maximum atomic E-state index is 13.6. The van der Waals surface area contributed by atoms with Gasteiger partial charge < -0.3 is 9.47 Å². The molecule has 0 spiro atoms. The first kappa shape index (κ1) is 24.3. The largest absolute Gasteiger partial charge is 0.495 e. The summed E-state index contributed by atoms with van der Waals surface area (Å²) in [5.74, 6) is 1.76. The molecule has 1 saturated carbocycles. The van der Waals surface area contributed by atoms with Crippen molar-refractivity contribution in [2.75, 3.05) is 14.2 Å². The first-order valence-corrected chi connectivity index (χ1v) is 13.1. The molecule has 0 bridgehead atoms. The highest BCUT2D eigenvalue weighted by Crippen LogP contribution is 2.39. The van der Waals surface area contributed by atoms with Crippen LogP contribution in [-0.2, 0) is 20.3 Å². The summed E-state index contributed by atoms with van der Waals surface area (Å²) in [5, 5.41) is 7.94. The fourth-order valence-electron chi connectivity index (χ4n) is 4.28. The van der Waals surface area contributed by atoms with Crippen LogP contribution in [0.25, 0.3) is 5.69 Å². The summed E-state index contributed by atoms with van der Waals surface area (Å²) in [7, 11) is -0.617. The Bertz CT molecular complexity index is 1250. The topological polar surface area (TPSA) is 109 Å². The molecule has 0 saturated heterocycles. The summed E-state index contributed by atoms with van der Waals surface area (Å²) in [6.07, 6.45) is 5.55. The molecule has 0 N–H and O–H groups in total. The van der Waals surface area contributed by atoms with E-state index in [1.807, 2.05) is 36.6 Å². The molecule has 0 radical (unpaired) electrons. The van der Waals surface area contributed by atoms with Crippen LogP contribution in [0.5, 0.6) is 5.75 Å². The van der Waals surface area contributed by atoms with Crippen molar-refractivity contribution in [1.29, 1.82) is 0 Å². The van der Waals surface area contributed by atoms with Gasteiger partial charge in [0.1, 0.15) is 23.4 Å². The number of hydrogen-bond acceptors (Lipinski definition) is 8. The van der Waals surface area contributed by atoms with Crippen molar-refractivity contribution in [3.8, 4) is 11.4 Å². The molecule has 2 atom stereocenters. The van der Waals surface area contributed by atoms with Crippen molar-refractivity contribution in [3.05, 3.63) is 59.2 Å². The molecular formula is C24H31N5O4S. The minimum absolute atomic E-state index is 0.250. The zero-order valence-corrected chi connectivity index (χ0v) is 21.0. The number of aromatic nitrogens is 5. The summed E-state index contributed by atoms with van der Waals surface area (Å²) < 4.78 is 40.2. The lowest BCUT2D eigenvalue weighted by atomic mass is 9.84. The molecule has 10 heteroatoms. The Hall–Kier alpha value is -2.85. The molecule has 1 aliphatic carbocycles. The second kappa shape index (κ2) is 9.79. The third kappa shape index (κ3) is 4.56. The van der Waals surface area contributed by atoms with Crippen molar-refractivity contribution < 1.29 is 17.9 Å². The monoisotopic (exact) mass is 485 g/mol. The van der Waals surface area contributed by atoms with E-state index < -0.39 is 21.2 Å². The Labute approximate surface area is 200 Å². The number of ether oxygens (including phenoxy) is 2. The Kier molecular flexibility index (Phi) is 6.99. The van der Waals surface area contributed by atoms with Crippen LogP contribution in [0.3, 0.4) is 0 Å². The highest BCUT2D eigenvalue weighted by molar-refractivity contribution is 7.91. The molecule has 182 valence electrons. The normalized spacial score (nSPS) is 16.1. The van der Waals surface area contributed by atoms with Gasteiger partial charge in [-0.1, -0.05) is 18.6 Å². The quantitative estimate of drug-likeness (QED) is 0.452.